The van der Waals surface area contributed by atoms with Crippen LogP contribution in [0.5, 0.6) is 0 Å². The first-order valence-electron chi connectivity index (χ1n) is 11.3. The third-order valence-electron chi connectivity index (χ3n) is 6.67. The van der Waals surface area contributed by atoms with Crippen molar-refractivity contribution in [2.45, 2.75) is 45.8 Å². The van der Waals surface area contributed by atoms with Gasteiger partial charge in [0.1, 0.15) is 11.5 Å². The minimum atomic E-state index is -1.21. The fourth-order valence-corrected chi connectivity index (χ4v) is 4.59. The Labute approximate surface area is 193 Å². The summed E-state index contributed by atoms with van der Waals surface area (Å²) in [5.74, 6) is -0.912. The number of nitrogens with one attached hydrogen (secondary N) is 1. The average molecular weight is 457 g/mol. The van der Waals surface area contributed by atoms with Gasteiger partial charge >= 0.3 is 0 Å². The van der Waals surface area contributed by atoms with Crippen molar-refractivity contribution < 1.29 is 18.4 Å². The maximum absolute atomic E-state index is 14.4. The zero-order valence-electron chi connectivity index (χ0n) is 19.3. The number of hydrogen-bond acceptors (Lipinski definition) is 4. The van der Waals surface area contributed by atoms with Gasteiger partial charge in [0.25, 0.3) is 5.91 Å². The number of nitrogens with zero attached hydrogens (tertiary/aromatic N) is 3. The number of benzene rings is 1. The van der Waals surface area contributed by atoms with Gasteiger partial charge in [-0.15, -0.1) is 0 Å². The summed E-state index contributed by atoms with van der Waals surface area (Å²) < 4.78 is 28.1. The Kier molecular flexibility index (Phi) is 6.47. The van der Waals surface area contributed by atoms with Crippen LogP contribution < -0.4 is 5.32 Å². The maximum Gasteiger partial charge on any atom is 0.257 e. The van der Waals surface area contributed by atoms with E-state index in [2.05, 4.69) is 15.2 Å². The van der Waals surface area contributed by atoms with Crippen LogP contribution >= 0.6 is 0 Å². The molecular weight excluding hydrogens is 426 g/mol. The lowest BCUT2D eigenvalue weighted by atomic mass is 9.73. The largest absolute Gasteiger partial charge is 0.340 e. The van der Waals surface area contributed by atoms with Crippen molar-refractivity contribution in [3.05, 3.63) is 58.7 Å². The van der Waals surface area contributed by atoms with E-state index in [0.29, 0.717) is 56.8 Å². The van der Waals surface area contributed by atoms with E-state index < -0.39 is 11.5 Å². The van der Waals surface area contributed by atoms with Crippen molar-refractivity contribution in [2.75, 3.05) is 31.5 Å². The highest BCUT2D eigenvalue weighted by atomic mass is 19.1. The molecule has 0 radical (unpaired) electrons. The van der Waals surface area contributed by atoms with Gasteiger partial charge in [0, 0.05) is 56.2 Å². The highest BCUT2D eigenvalue weighted by molar-refractivity contribution is 6.04. The Morgan fingerprint density at radius 2 is 1.85 bits per heavy atom. The van der Waals surface area contributed by atoms with Gasteiger partial charge in [-0.2, -0.15) is 0 Å². The molecule has 2 aliphatic rings. The van der Waals surface area contributed by atoms with Crippen LogP contribution in [0.2, 0.25) is 0 Å². The average Bonchev–Trinajstić information content (AvgIpc) is 2.75. The van der Waals surface area contributed by atoms with E-state index in [9.17, 15) is 18.4 Å². The minimum Gasteiger partial charge on any atom is -0.340 e. The molecule has 0 unspecified atom stereocenters. The van der Waals surface area contributed by atoms with Crippen LogP contribution in [-0.2, 0) is 11.3 Å². The smallest absolute Gasteiger partial charge is 0.257 e. The van der Waals surface area contributed by atoms with E-state index in [-0.39, 0.29) is 17.7 Å². The van der Waals surface area contributed by atoms with Crippen LogP contribution in [0.3, 0.4) is 0 Å². The van der Waals surface area contributed by atoms with Crippen LogP contribution in [0.25, 0.3) is 0 Å². The van der Waals surface area contributed by atoms with E-state index in [1.807, 2.05) is 18.7 Å². The molecule has 2 amide bonds. The summed E-state index contributed by atoms with van der Waals surface area (Å²) in [4.78, 5) is 33.2. The fraction of sp³-hybridized carbons (Fsp3) is 0.480. The SMILES string of the molecule is Cc1ccc(C(=O)Nc2cc(F)cc(CN3CCN(C(=O)C4CC(C)(F)C4)CC3)c2C)cn1. The Morgan fingerprint density at radius 1 is 1.15 bits per heavy atom. The summed E-state index contributed by atoms with van der Waals surface area (Å²) in [6.07, 6.45) is 2.11. The minimum absolute atomic E-state index is 0.0438. The Bertz CT molecular complexity index is 1040. The molecule has 1 N–H and O–H groups in total. The van der Waals surface area contributed by atoms with Crippen molar-refractivity contribution in [3.8, 4) is 0 Å². The van der Waals surface area contributed by atoms with E-state index in [4.69, 9.17) is 0 Å². The summed E-state index contributed by atoms with van der Waals surface area (Å²) in [6, 6.07) is 6.26. The quantitative estimate of drug-likeness (QED) is 0.742. The van der Waals surface area contributed by atoms with Crippen molar-refractivity contribution in [3.63, 3.8) is 0 Å². The molecule has 2 heterocycles. The zero-order valence-corrected chi connectivity index (χ0v) is 19.3. The third-order valence-corrected chi connectivity index (χ3v) is 6.67. The molecular formula is C25H30F2N4O2. The fourth-order valence-electron chi connectivity index (χ4n) is 4.59. The number of aromatic nitrogens is 1. The number of hydrogen-bond donors (Lipinski definition) is 1. The number of anilines is 1. The highest BCUT2D eigenvalue weighted by Gasteiger charge is 2.45. The number of pyridine rings is 1. The molecule has 1 aliphatic heterocycles. The second kappa shape index (κ2) is 9.17. The van der Waals surface area contributed by atoms with Crippen LogP contribution in [0.4, 0.5) is 14.5 Å². The lowest BCUT2D eigenvalue weighted by Crippen LogP contribution is -2.53. The molecule has 1 aromatic heterocycles. The summed E-state index contributed by atoms with van der Waals surface area (Å²) in [5.41, 5.74) is 2.04. The molecule has 0 spiro atoms. The van der Waals surface area contributed by atoms with Crippen molar-refractivity contribution >= 4 is 17.5 Å². The normalized spacial score (nSPS) is 23.2. The first-order chi connectivity index (χ1) is 15.6. The number of rotatable bonds is 5. The molecule has 33 heavy (non-hydrogen) atoms. The number of aryl methyl sites for hydroxylation is 1. The van der Waals surface area contributed by atoms with Crippen LogP contribution in [-0.4, -0.2) is 58.4 Å². The number of halogens is 2. The van der Waals surface area contributed by atoms with Gasteiger partial charge in [-0.05, 0) is 69.0 Å². The van der Waals surface area contributed by atoms with Crippen LogP contribution in [0.1, 0.15) is 46.9 Å². The molecule has 2 fully saturated rings. The lowest BCUT2D eigenvalue weighted by molar-refractivity contribution is -0.146. The van der Waals surface area contributed by atoms with E-state index in [0.717, 1.165) is 16.8 Å². The summed E-state index contributed by atoms with van der Waals surface area (Å²) in [7, 11) is 0. The summed E-state index contributed by atoms with van der Waals surface area (Å²) in [6.45, 7) is 8.26. The number of piperazine rings is 1. The monoisotopic (exact) mass is 456 g/mol. The molecule has 6 nitrogen and oxygen atoms in total. The molecule has 1 saturated carbocycles. The number of alkyl halides is 1. The van der Waals surface area contributed by atoms with Crippen LogP contribution in [0.15, 0.2) is 30.5 Å². The topological polar surface area (TPSA) is 65.5 Å². The van der Waals surface area contributed by atoms with Gasteiger partial charge in [-0.3, -0.25) is 19.5 Å². The first kappa shape index (κ1) is 23.3. The van der Waals surface area contributed by atoms with E-state index in [1.54, 1.807) is 19.1 Å². The summed E-state index contributed by atoms with van der Waals surface area (Å²) in [5, 5.41) is 2.80. The first-order valence-corrected chi connectivity index (χ1v) is 11.3. The predicted molar refractivity (Wildman–Crippen MR) is 122 cm³/mol. The Morgan fingerprint density at radius 3 is 2.45 bits per heavy atom. The molecule has 0 atom stereocenters. The van der Waals surface area contributed by atoms with Gasteiger partial charge in [0.15, 0.2) is 0 Å². The zero-order chi connectivity index (χ0) is 23.8. The van der Waals surface area contributed by atoms with Gasteiger partial charge in [0.2, 0.25) is 5.91 Å². The molecule has 1 aromatic carbocycles. The molecule has 176 valence electrons. The van der Waals surface area contributed by atoms with Gasteiger partial charge in [-0.1, -0.05) is 0 Å². The predicted octanol–water partition coefficient (Wildman–Crippen LogP) is 3.87. The second-order valence-corrected chi connectivity index (χ2v) is 9.50. The molecule has 2 aromatic rings. The molecule has 1 saturated heterocycles. The second-order valence-electron chi connectivity index (χ2n) is 9.50. The number of amides is 2. The van der Waals surface area contributed by atoms with Crippen molar-refractivity contribution in [1.29, 1.82) is 0 Å². The lowest BCUT2D eigenvalue weighted by Gasteiger charge is -2.42. The summed E-state index contributed by atoms with van der Waals surface area (Å²) >= 11 is 0. The number of carbonyl (C=O) groups excluding carboxylic acids is 2. The van der Waals surface area contributed by atoms with Crippen molar-refractivity contribution in [2.24, 2.45) is 5.92 Å². The molecule has 0 bridgehead atoms. The standard InChI is InChI=1S/C25H30F2N4O2/c1-16-4-5-18(14-28-16)23(32)29-22-11-21(26)10-19(17(22)2)15-30-6-8-31(9-7-30)24(33)20-12-25(3,27)13-20/h4-5,10-11,14,20H,6-9,12-13,15H2,1-3H3,(H,29,32). The van der Waals surface area contributed by atoms with Gasteiger partial charge in [0.05, 0.1) is 5.56 Å². The van der Waals surface area contributed by atoms with Gasteiger partial charge in [-0.25, -0.2) is 8.78 Å². The molecule has 4 rings (SSSR count). The molecule has 1 aliphatic carbocycles. The van der Waals surface area contributed by atoms with Crippen LogP contribution in [0, 0.1) is 25.6 Å². The van der Waals surface area contributed by atoms with Gasteiger partial charge < -0.3 is 10.2 Å². The maximum atomic E-state index is 14.4. The van der Waals surface area contributed by atoms with Crippen molar-refractivity contribution in [1.82, 2.24) is 14.8 Å². The van der Waals surface area contributed by atoms with E-state index >= 15 is 0 Å². The number of carbonyl (C=O) groups is 2. The molecule has 8 heteroatoms. The highest BCUT2D eigenvalue weighted by Crippen LogP contribution is 2.41. The van der Waals surface area contributed by atoms with E-state index in [1.165, 1.54) is 18.3 Å². The Hall–Kier alpha value is -2.87. The Balaban J connectivity index is 1.37. The third kappa shape index (κ3) is 5.38.